The van der Waals surface area contributed by atoms with Gasteiger partial charge in [-0.25, -0.2) is 0 Å². The molecule has 0 radical (unpaired) electrons. The van der Waals surface area contributed by atoms with Gasteiger partial charge < -0.3 is 9.73 Å². The van der Waals surface area contributed by atoms with Crippen LogP contribution in [0.25, 0.3) is 10.1 Å². The zero-order valence-corrected chi connectivity index (χ0v) is 12.7. The van der Waals surface area contributed by atoms with Gasteiger partial charge in [-0.2, -0.15) is 0 Å². The largest absolute Gasteiger partial charge is 0.465 e. The van der Waals surface area contributed by atoms with Crippen molar-refractivity contribution in [2.45, 2.75) is 26.3 Å². The van der Waals surface area contributed by atoms with E-state index in [-0.39, 0.29) is 6.04 Å². The van der Waals surface area contributed by atoms with Crippen molar-refractivity contribution in [3.8, 4) is 0 Å². The third-order valence-electron chi connectivity index (χ3n) is 3.54. The number of hydrogen-bond donors (Lipinski definition) is 1. The number of benzene rings is 1. The summed E-state index contributed by atoms with van der Waals surface area (Å²) in [7, 11) is 0. The van der Waals surface area contributed by atoms with Crippen LogP contribution in [0.4, 0.5) is 0 Å². The summed E-state index contributed by atoms with van der Waals surface area (Å²) in [5.41, 5.74) is 1.39. The Kier molecular flexibility index (Phi) is 3.90. The van der Waals surface area contributed by atoms with Crippen molar-refractivity contribution in [3.05, 3.63) is 58.9 Å². The van der Waals surface area contributed by atoms with E-state index < -0.39 is 0 Å². The summed E-state index contributed by atoms with van der Waals surface area (Å²) < 4.78 is 7.15. The van der Waals surface area contributed by atoms with Crippen molar-refractivity contribution in [2.75, 3.05) is 6.54 Å². The second-order valence-electron chi connectivity index (χ2n) is 5.02. The van der Waals surface area contributed by atoms with Gasteiger partial charge in [0.25, 0.3) is 0 Å². The van der Waals surface area contributed by atoms with Crippen molar-refractivity contribution in [1.82, 2.24) is 5.32 Å². The van der Waals surface area contributed by atoms with Crippen LogP contribution in [-0.4, -0.2) is 6.54 Å². The normalized spacial score (nSPS) is 12.9. The summed E-state index contributed by atoms with van der Waals surface area (Å²) in [5.74, 6) is 2.00. The zero-order valence-electron chi connectivity index (χ0n) is 11.8. The second-order valence-corrected chi connectivity index (χ2v) is 5.93. The van der Waals surface area contributed by atoms with Crippen molar-refractivity contribution < 1.29 is 4.42 Å². The first-order valence-corrected chi connectivity index (χ1v) is 7.90. The maximum absolute atomic E-state index is 5.80. The lowest BCUT2D eigenvalue weighted by atomic mass is 10.0. The predicted octanol–water partition coefficient (Wildman–Crippen LogP) is 4.70. The lowest BCUT2D eigenvalue weighted by Crippen LogP contribution is -2.22. The maximum atomic E-state index is 5.80. The van der Waals surface area contributed by atoms with Gasteiger partial charge in [-0.1, -0.05) is 25.1 Å². The van der Waals surface area contributed by atoms with Crippen molar-refractivity contribution in [2.24, 2.45) is 0 Å². The minimum Gasteiger partial charge on any atom is -0.465 e. The first-order valence-electron chi connectivity index (χ1n) is 7.02. The Hall–Kier alpha value is -1.58. The summed E-state index contributed by atoms with van der Waals surface area (Å²) in [4.78, 5) is 0. The average molecular weight is 285 g/mol. The molecule has 0 amide bonds. The van der Waals surface area contributed by atoms with E-state index in [1.165, 1.54) is 15.6 Å². The molecule has 1 N–H and O–H groups in total. The number of hydrogen-bond acceptors (Lipinski definition) is 3. The van der Waals surface area contributed by atoms with Crippen molar-refractivity contribution in [3.63, 3.8) is 0 Å². The van der Waals surface area contributed by atoms with Gasteiger partial charge in [0.05, 0.1) is 6.04 Å². The molecule has 2 aromatic heterocycles. The Morgan fingerprint density at radius 1 is 1.20 bits per heavy atom. The molecule has 20 heavy (non-hydrogen) atoms. The van der Waals surface area contributed by atoms with Crippen LogP contribution in [0.1, 0.15) is 30.0 Å². The summed E-state index contributed by atoms with van der Waals surface area (Å²) in [5, 5.41) is 7.16. The van der Waals surface area contributed by atoms with Crippen LogP contribution in [0.3, 0.4) is 0 Å². The summed E-state index contributed by atoms with van der Waals surface area (Å²) in [6.45, 7) is 5.06. The van der Waals surface area contributed by atoms with Crippen LogP contribution in [0, 0.1) is 6.92 Å². The molecule has 104 valence electrons. The highest BCUT2D eigenvalue weighted by atomic mass is 32.1. The minimum absolute atomic E-state index is 0.242. The van der Waals surface area contributed by atoms with Crippen LogP contribution in [0.15, 0.2) is 46.2 Å². The fraction of sp³-hybridized carbons (Fsp3) is 0.294. The Morgan fingerprint density at radius 2 is 2.05 bits per heavy atom. The molecule has 1 unspecified atom stereocenters. The van der Waals surface area contributed by atoms with Gasteiger partial charge in [0.2, 0.25) is 0 Å². The molecule has 0 fully saturated rings. The number of thiophene rings is 1. The predicted molar refractivity (Wildman–Crippen MR) is 85.4 cm³/mol. The number of fused-ring (bicyclic) bond motifs is 1. The molecule has 2 nitrogen and oxygen atoms in total. The van der Waals surface area contributed by atoms with E-state index >= 15 is 0 Å². The molecule has 3 aromatic rings. The van der Waals surface area contributed by atoms with Crippen LogP contribution >= 0.6 is 11.3 Å². The second kappa shape index (κ2) is 5.81. The molecule has 1 aromatic carbocycles. The molecule has 3 rings (SSSR count). The van der Waals surface area contributed by atoms with Crippen LogP contribution in [0.5, 0.6) is 0 Å². The third kappa shape index (κ3) is 2.65. The van der Waals surface area contributed by atoms with E-state index in [9.17, 15) is 0 Å². The molecule has 0 aliphatic rings. The van der Waals surface area contributed by atoms with E-state index in [1.807, 2.05) is 24.3 Å². The molecule has 2 heterocycles. The minimum atomic E-state index is 0.242. The van der Waals surface area contributed by atoms with Gasteiger partial charge >= 0.3 is 0 Å². The Labute approximate surface area is 123 Å². The monoisotopic (exact) mass is 285 g/mol. The number of furan rings is 1. The molecule has 3 heteroatoms. The molecule has 1 atom stereocenters. The van der Waals surface area contributed by atoms with Gasteiger partial charge in [-0.15, -0.1) is 11.3 Å². The van der Waals surface area contributed by atoms with Crippen molar-refractivity contribution >= 4 is 21.4 Å². The number of nitrogens with one attached hydrogen (secondary N) is 1. The molecule has 0 spiro atoms. The van der Waals surface area contributed by atoms with E-state index in [4.69, 9.17) is 4.42 Å². The SMILES string of the molecule is CCNC(Cc1csc2ccccc12)c1ccc(C)o1. The van der Waals surface area contributed by atoms with Gasteiger partial charge in [-0.3, -0.25) is 0 Å². The first kappa shape index (κ1) is 13.4. The molecule has 0 saturated heterocycles. The first-order chi connectivity index (χ1) is 9.78. The van der Waals surface area contributed by atoms with Crippen LogP contribution in [0.2, 0.25) is 0 Å². The number of rotatable bonds is 5. The number of aryl methyl sites for hydroxylation is 1. The highest BCUT2D eigenvalue weighted by molar-refractivity contribution is 7.17. The van der Waals surface area contributed by atoms with E-state index in [2.05, 4.69) is 48.0 Å². The van der Waals surface area contributed by atoms with Gasteiger partial charge in [0.1, 0.15) is 11.5 Å². The van der Waals surface area contributed by atoms with Gasteiger partial charge in [-0.05, 0) is 54.4 Å². The zero-order chi connectivity index (χ0) is 13.9. The summed E-state index contributed by atoms with van der Waals surface area (Å²) in [6, 6.07) is 13.0. The quantitative estimate of drug-likeness (QED) is 0.735. The Bertz CT molecular complexity index is 698. The van der Waals surface area contributed by atoms with Gasteiger partial charge in [0.15, 0.2) is 0 Å². The Morgan fingerprint density at radius 3 is 2.80 bits per heavy atom. The molecule has 0 aliphatic carbocycles. The molecular weight excluding hydrogens is 266 g/mol. The smallest absolute Gasteiger partial charge is 0.121 e. The van der Waals surface area contributed by atoms with Gasteiger partial charge in [0, 0.05) is 4.70 Å². The Balaban J connectivity index is 1.90. The number of likely N-dealkylation sites (N-methyl/N-ethyl adjacent to an activating group) is 1. The highest BCUT2D eigenvalue weighted by Gasteiger charge is 2.16. The van der Waals surface area contributed by atoms with E-state index in [1.54, 1.807) is 0 Å². The van der Waals surface area contributed by atoms with Crippen LogP contribution in [-0.2, 0) is 6.42 Å². The van der Waals surface area contributed by atoms with Crippen LogP contribution < -0.4 is 5.32 Å². The van der Waals surface area contributed by atoms with E-state index in [0.717, 1.165) is 24.5 Å². The molecule has 0 bridgehead atoms. The summed E-state index contributed by atoms with van der Waals surface area (Å²) in [6.07, 6.45) is 0.963. The molecule has 0 saturated carbocycles. The fourth-order valence-electron chi connectivity index (χ4n) is 2.57. The standard InChI is InChI=1S/C17H19NOS/c1-3-18-15(16-9-8-12(2)19-16)10-13-11-20-17-7-5-4-6-14(13)17/h4-9,11,15,18H,3,10H2,1-2H3. The third-order valence-corrected chi connectivity index (χ3v) is 4.55. The molecular formula is C17H19NOS. The highest BCUT2D eigenvalue weighted by Crippen LogP contribution is 2.30. The van der Waals surface area contributed by atoms with Crippen molar-refractivity contribution in [1.29, 1.82) is 0 Å². The summed E-state index contributed by atoms with van der Waals surface area (Å²) >= 11 is 1.82. The topological polar surface area (TPSA) is 25.2 Å². The lowest BCUT2D eigenvalue weighted by molar-refractivity contribution is 0.404. The maximum Gasteiger partial charge on any atom is 0.121 e. The fourth-order valence-corrected chi connectivity index (χ4v) is 3.55. The average Bonchev–Trinajstić information content (AvgIpc) is 3.05. The lowest BCUT2D eigenvalue weighted by Gasteiger charge is -2.15. The molecule has 0 aliphatic heterocycles. The van der Waals surface area contributed by atoms with E-state index in [0.29, 0.717) is 0 Å².